The van der Waals surface area contributed by atoms with Gasteiger partial charge in [-0.2, -0.15) is 0 Å². The molecule has 0 radical (unpaired) electrons. The van der Waals surface area contributed by atoms with Gasteiger partial charge in [0.15, 0.2) is 0 Å². The zero-order valence-electron chi connectivity index (χ0n) is 12.7. The van der Waals surface area contributed by atoms with E-state index in [2.05, 4.69) is 41.4 Å². The fraction of sp³-hybridized carbons (Fsp3) is 0.588. The van der Waals surface area contributed by atoms with Crippen molar-refractivity contribution in [1.29, 1.82) is 0 Å². The summed E-state index contributed by atoms with van der Waals surface area (Å²) < 4.78 is 5.38. The van der Waals surface area contributed by atoms with Crippen LogP contribution >= 0.6 is 0 Å². The lowest BCUT2D eigenvalue weighted by atomic mass is 9.98. The largest absolute Gasteiger partial charge is 0.381 e. The summed E-state index contributed by atoms with van der Waals surface area (Å²) in [5.41, 5.74) is 2.57. The third kappa shape index (κ3) is 3.11. The Morgan fingerprint density at radius 2 is 2.19 bits per heavy atom. The van der Waals surface area contributed by atoms with Crippen LogP contribution in [0.1, 0.15) is 30.5 Å². The third-order valence-corrected chi connectivity index (χ3v) is 4.58. The van der Waals surface area contributed by atoms with Crippen molar-refractivity contribution in [2.45, 2.75) is 25.8 Å². The number of hydrogen-bond donors (Lipinski definition) is 1. The molecule has 0 aromatic heterocycles. The maximum Gasteiger partial charge on any atom is 0.228 e. The third-order valence-electron chi connectivity index (χ3n) is 4.58. The van der Waals surface area contributed by atoms with Crippen molar-refractivity contribution in [1.82, 2.24) is 10.2 Å². The zero-order valence-corrected chi connectivity index (χ0v) is 12.7. The smallest absolute Gasteiger partial charge is 0.228 e. The lowest BCUT2D eigenvalue weighted by Gasteiger charge is -2.38. The maximum atomic E-state index is 12.7. The second-order valence-electron chi connectivity index (χ2n) is 5.91. The van der Waals surface area contributed by atoms with Crippen LogP contribution in [0.15, 0.2) is 24.3 Å². The van der Waals surface area contributed by atoms with Crippen LogP contribution in [-0.4, -0.2) is 43.7 Å². The van der Waals surface area contributed by atoms with Crippen LogP contribution in [-0.2, 0) is 16.0 Å². The fourth-order valence-corrected chi connectivity index (χ4v) is 3.21. The standard InChI is InChI=1S/C17H24N2O2/c1-2-13-3-5-14(6-4-13)16-11-18-8-9-19(16)17(20)15-7-10-21-12-15/h3-6,15-16,18H,2,7-12H2,1H3. The van der Waals surface area contributed by atoms with Gasteiger partial charge in [0, 0.05) is 26.2 Å². The van der Waals surface area contributed by atoms with Crippen molar-refractivity contribution in [3.63, 3.8) is 0 Å². The summed E-state index contributed by atoms with van der Waals surface area (Å²) in [5.74, 6) is 0.319. The number of hydrogen-bond acceptors (Lipinski definition) is 3. The number of ether oxygens (including phenoxy) is 1. The van der Waals surface area contributed by atoms with Gasteiger partial charge in [-0.3, -0.25) is 4.79 Å². The van der Waals surface area contributed by atoms with E-state index in [1.54, 1.807) is 0 Å². The molecule has 114 valence electrons. The average Bonchev–Trinajstić information content (AvgIpc) is 3.09. The molecule has 0 spiro atoms. The van der Waals surface area contributed by atoms with Gasteiger partial charge in [0.25, 0.3) is 0 Å². The molecule has 4 heteroatoms. The van der Waals surface area contributed by atoms with Crippen molar-refractivity contribution in [2.75, 3.05) is 32.8 Å². The Bertz CT molecular complexity index is 480. The van der Waals surface area contributed by atoms with Crippen molar-refractivity contribution in [3.8, 4) is 0 Å². The van der Waals surface area contributed by atoms with Crippen molar-refractivity contribution < 1.29 is 9.53 Å². The summed E-state index contributed by atoms with van der Waals surface area (Å²) in [6, 6.07) is 8.83. The number of benzene rings is 1. The molecule has 2 atom stereocenters. The van der Waals surface area contributed by atoms with Crippen LogP contribution in [0.25, 0.3) is 0 Å². The summed E-state index contributed by atoms with van der Waals surface area (Å²) in [6.07, 6.45) is 1.91. The number of aryl methyl sites for hydroxylation is 1. The molecule has 2 saturated heterocycles. The van der Waals surface area contributed by atoms with Crippen LogP contribution in [0.5, 0.6) is 0 Å². The molecule has 1 aromatic carbocycles. The highest BCUT2D eigenvalue weighted by Crippen LogP contribution is 2.26. The molecule has 4 nitrogen and oxygen atoms in total. The van der Waals surface area contributed by atoms with Crippen LogP contribution in [0, 0.1) is 5.92 Å². The zero-order chi connectivity index (χ0) is 14.7. The monoisotopic (exact) mass is 288 g/mol. The van der Waals surface area contributed by atoms with Crippen LogP contribution in [0.3, 0.4) is 0 Å². The van der Waals surface area contributed by atoms with Crippen LogP contribution < -0.4 is 5.32 Å². The Kier molecular flexibility index (Phi) is 4.56. The van der Waals surface area contributed by atoms with Gasteiger partial charge in [0.2, 0.25) is 5.91 Å². The van der Waals surface area contributed by atoms with Crippen molar-refractivity contribution in [3.05, 3.63) is 35.4 Å². The van der Waals surface area contributed by atoms with Gasteiger partial charge < -0.3 is 15.0 Å². The number of carbonyl (C=O) groups excluding carboxylic acids is 1. The Balaban J connectivity index is 1.78. The van der Waals surface area contributed by atoms with Gasteiger partial charge in [0.05, 0.1) is 18.6 Å². The minimum Gasteiger partial charge on any atom is -0.381 e. The summed E-state index contributed by atoms with van der Waals surface area (Å²) in [4.78, 5) is 14.8. The molecule has 0 aliphatic carbocycles. The number of amides is 1. The summed E-state index contributed by atoms with van der Waals surface area (Å²) >= 11 is 0. The highest BCUT2D eigenvalue weighted by atomic mass is 16.5. The molecular formula is C17H24N2O2. The first kappa shape index (κ1) is 14.5. The molecule has 2 aliphatic rings. The molecule has 2 heterocycles. The highest BCUT2D eigenvalue weighted by Gasteiger charge is 2.33. The molecule has 1 aromatic rings. The lowest BCUT2D eigenvalue weighted by molar-refractivity contribution is -0.139. The van der Waals surface area contributed by atoms with Crippen LogP contribution in [0.2, 0.25) is 0 Å². The quantitative estimate of drug-likeness (QED) is 0.921. The van der Waals surface area contributed by atoms with E-state index in [4.69, 9.17) is 4.74 Å². The second-order valence-corrected chi connectivity index (χ2v) is 5.91. The number of nitrogens with one attached hydrogen (secondary N) is 1. The molecular weight excluding hydrogens is 264 g/mol. The van der Waals surface area contributed by atoms with Gasteiger partial charge in [-0.25, -0.2) is 0 Å². The number of nitrogens with zero attached hydrogens (tertiary/aromatic N) is 1. The number of carbonyl (C=O) groups is 1. The predicted octanol–water partition coefficient (Wildman–Crippen LogP) is 1.76. The van der Waals surface area contributed by atoms with Gasteiger partial charge in [-0.05, 0) is 24.0 Å². The minimum absolute atomic E-state index is 0.0560. The van der Waals surface area contributed by atoms with Crippen LogP contribution in [0.4, 0.5) is 0 Å². The predicted molar refractivity (Wildman–Crippen MR) is 82.1 cm³/mol. The van der Waals surface area contributed by atoms with E-state index in [0.29, 0.717) is 6.61 Å². The molecule has 2 fully saturated rings. The molecule has 3 rings (SSSR count). The molecule has 21 heavy (non-hydrogen) atoms. The molecule has 2 unspecified atom stereocenters. The van der Waals surface area contributed by atoms with E-state index in [1.165, 1.54) is 11.1 Å². The van der Waals surface area contributed by atoms with E-state index in [-0.39, 0.29) is 17.9 Å². The first-order valence-corrected chi connectivity index (χ1v) is 7.97. The van der Waals surface area contributed by atoms with E-state index < -0.39 is 0 Å². The molecule has 1 amide bonds. The van der Waals surface area contributed by atoms with E-state index in [1.807, 2.05) is 0 Å². The average molecular weight is 288 g/mol. The number of rotatable bonds is 3. The Labute approximate surface area is 126 Å². The SMILES string of the molecule is CCc1ccc(C2CNCCN2C(=O)C2CCOC2)cc1. The molecule has 2 aliphatic heterocycles. The van der Waals surface area contributed by atoms with Gasteiger partial charge in [0.1, 0.15) is 0 Å². The van der Waals surface area contributed by atoms with Gasteiger partial charge >= 0.3 is 0 Å². The van der Waals surface area contributed by atoms with Crippen molar-refractivity contribution in [2.24, 2.45) is 5.92 Å². The lowest BCUT2D eigenvalue weighted by Crippen LogP contribution is -2.50. The highest BCUT2D eigenvalue weighted by molar-refractivity contribution is 5.80. The summed E-state index contributed by atoms with van der Waals surface area (Å²) in [7, 11) is 0. The minimum atomic E-state index is 0.0560. The first-order chi connectivity index (χ1) is 10.3. The number of piperazine rings is 1. The summed E-state index contributed by atoms with van der Waals surface area (Å²) in [5, 5.41) is 3.41. The van der Waals surface area contributed by atoms with Gasteiger partial charge in [-0.1, -0.05) is 31.2 Å². The Morgan fingerprint density at radius 1 is 1.38 bits per heavy atom. The normalized spacial score (nSPS) is 26.0. The topological polar surface area (TPSA) is 41.6 Å². The van der Waals surface area contributed by atoms with E-state index in [9.17, 15) is 4.79 Å². The second kappa shape index (κ2) is 6.58. The summed E-state index contributed by atoms with van der Waals surface area (Å²) in [6.45, 7) is 5.97. The molecule has 0 bridgehead atoms. The van der Waals surface area contributed by atoms with Crippen molar-refractivity contribution >= 4 is 5.91 Å². The fourth-order valence-electron chi connectivity index (χ4n) is 3.21. The molecule has 1 N–H and O–H groups in total. The maximum absolute atomic E-state index is 12.7. The van der Waals surface area contributed by atoms with E-state index in [0.717, 1.165) is 39.1 Å². The Hall–Kier alpha value is -1.39. The van der Waals surface area contributed by atoms with Gasteiger partial charge in [-0.15, -0.1) is 0 Å². The first-order valence-electron chi connectivity index (χ1n) is 7.97. The molecule has 0 saturated carbocycles. The van der Waals surface area contributed by atoms with E-state index >= 15 is 0 Å². The Morgan fingerprint density at radius 3 is 2.86 bits per heavy atom.